The van der Waals surface area contributed by atoms with Crippen LogP contribution in [0.5, 0.6) is 5.75 Å². The van der Waals surface area contributed by atoms with Crippen LogP contribution in [0.4, 0.5) is 0 Å². The van der Waals surface area contributed by atoms with E-state index in [1.54, 1.807) is 30.0 Å². The van der Waals surface area contributed by atoms with Crippen molar-refractivity contribution in [3.8, 4) is 5.75 Å². The number of ether oxygens (including phenoxy) is 1. The fourth-order valence-electron chi connectivity index (χ4n) is 2.06. The highest BCUT2D eigenvalue weighted by Gasteiger charge is 2.11. The summed E-state index contributed by atoms with van der Waals surface area (Å²) >= 11 is 17.1. The lowest BCUT2D eigenvalue weighted by Crippen LogP contribution is -2.04. The predicted molar refractivity (Wildman–Crippen MR) is 106 cm³/mol. The second-order valence-corrected chi connectivity index (χ2v) is 7.94. The van der Waals surface area contributed by atoms with E-state index >= 15 is 0 Å². The minimum Gasteiger partial charge on any atom is -0.484 e. The Morgan fingerprint density at radius 3 is 2.60 bits per heavy atom. The summed E-state index contributed by atoms with van der Waals surface area (Å²) in [7, 11) is 1.92. The number of rotatable bonds is 6. The van der Waals surface area contributed by atoms with E-state index in [1.807, 2.05) is 23.7 Å². The van der Waals surface area contributed by atoms with Crippen molar-refractivity contribution in [2.45, 2.75) is 17.5 Å². The zero-order chi connectivity index (χ0) is 17.8. The number of halogens is 3. The quantitative estimate of drug-likeness (QED) is 0.440. The summed E-state index contributed by atoms with van der Waals surface area (Å²) in [5.41, 5.74) is 1.22. The average Bonchev–Trinajstić information content (AvgIpc) is 2.94. The molecule has 0 saturated heterocycles. The van der Waals surface area contributed by atoms with Gasteiger partial charge in [0, 0.05) is 22.3 Å². The molecule has 1 aromatic heterocycles. The SMILES string of the molecule is Cn1c(COc2ccc(Cl)cc2Cl)nnc1SCc1ccc(Br)cc1. The molecule has 0 radical (unpaired) electrons. The van der Waals surface area contributed by atoms with Crippen molar-refractivity contribution >= 4 is 50.9 Å². The predicted octanol–water partition coefficient (Wildman–Crippen LogP) is 5.76. The van der Waals surface area contributed by atoms with Gasteiger partial charge in [-0.05, 0) is 35.9 Å². The number of hydrogen-bond donors (Lipinski definition) is 0. The molecule has 0 atom stereocenters. The molecular weight excluding hydrogens is 445 g/mol. The van der Waals surface area contributed by atoms with E-state index in [9.17, 15) is 0 Å². The van der Waals surface area contributed by atoms with Crippen molar-refractivity contribution in [2.75, 3.05) is 0 Å². The van der Waals surface area contributed by atoms with Crippen LogP contribution in [0.3, 0.4) is 0 Å². The van der Waals surface area contributed by atoms with Gasteiger partial charge in [-0.15, -0.1) is 10.2 Å². The lowest BCUT2D eigenvalue weighted by molar-refractivity contribution is 0.290. The Morgan fingerprint density at radius 2 is 1.88 bits per heavy atom. The van der Waals surface area contributed by atoms with Crippen molar-refractivity contribution in [3.05, 3.63) is 68.4 Å². The summed E-state index contributed by atoms with van der Waals surface area (Å²) in [5.74, 6) is 2.12. The van der Waals surface area contributed by atoms with Crippen LogP contribution in [0.15, 0.2) is 52.1 Å². The van der Waals surface area contributed by atoms with Gasteiger partial charge in [-0.1, -0.05) is 63.0 Å². The van der Waals surface area contributed by atoms with Gasteiger partial charge in [0.1, 0.15) is 12.4 Å². The summed E-state index contributed by atoms with van der Waals surface area (Å²) in [6.45, 7) is 0.281. The van der Waals surface area contributed by atoms with E-state index in [4.69, 9.17) is 27.9 Å². The van der Waals surface area contributed by atoms with Gasteiger partial charge in [-0.25, -0.2) is 0 Å². The van der Waals surface area contributed by atoms with Crippen LogP contribution in [0, 0.1) is 0 Å². The molecule has 0 N–H and O–H groups in total. The third-order valence-electron chi connectivity index (χ3n) is 3.46. The second-order valence-electron chi connectivity index (χ2n) is 5.24. The molecule has 3 rings (SSSR count). The molecule has 0 unspecified atom stereocenters. The van der Waals surface area contributed by atoms with Crippen molar-refractivity contribution in [1.29, 1.82) is 0 Å². The minimum atomic E-state index is 0.281. The first kappa shape index (κ1) is 18.6. The molecule has 1 heterocycles. The minimum absolute atomic E-state index is 0.281. The molecule has 2 aromatic carbocycles. The van der Waals surface area contributed by atoms with Crippen molar-refractivity contribution < 1.29 is 4.74 Å². The molecular formula is C17H14BrCl2N3OS. The zero-order valence-electron chi connectivity index (χ0n) is 13.2. The molecule has 0 spiro atoms. The van der Waals surface area contributed by atoms with Crippen LogP contribution in [0.2, 0.25) is 10.0 Å². The largest absolute Gasteiger partial charge is 0.484 e. The third kappa shape index (κ3) is 4.91. The molecule has 3 aromatic rings. The summed E-state index contributed by atoms with van der Waals surface area (Å²) < 4.78 is 8.71. The fourth-order valence-corrected chi connectivity index (χ4v) is 3.67. The fraction of sp³-hybridized carbons (Fsp3) is 0.176. The highest BCUT2D eigenvalue weighted by Crippen LogP contribution is 2.28. The third-order valence-corrected chi connectivity index (χ3v) is 5.61. The van der Waals surface area contributed by atoms with E-state index in [0.29, 0.717) is 15.8 Å². The molecule has 0 aliphatic heterocycles. The van der Waals surface area contributed by atoms with E-state index in [-0.39, 0.29) is 6.61 Å². The van der Waals surface area contributed by atoms with Crippen LogP contribution < -0.4 is 4.74 Å². The first-order valence-electron chi connectivity index (χ1n) is 7.36. The first-order valence-corrected chi connectivity index (χ1v) is 9.90. The van der Waals surface area contributed by atoms with Gasteiger partial charge in [0.15, 0.2) is 11.0 Å². The van der Waals surface area contributed by atoms with Gasteiger partial charge < -0.3 is 9.30 Å². The molecule has 4 nitrogen and oxygen atoms in total. The maximum atomic E-state index is 6.11. The van der Waals surface area contributed by atoms with Crippen LogP contribution in [0.1, 0.15) is 11.4 Å². The number of hydrogen-bond acceptors (Lipinski definition) is 4. The zero-order valence-corrected chi connectivity index (χ0v) is 17.2. The standard InChI is InChI=1S/C17H14BrCl2N3OS/c1-23-16(9-24-15-7-6-13(19)8-14(15)20)21-22-17(23)25-10-11-2-4-12(18)5-3-11/h2-8H,9-10H2,1H3. The van der Waals surface area contributed by atoms with E-state index < -0.39 is 0 Å². The number of nitrogens with zero attached hydrogens (tertiary/aromatic N) is 3. The highest BCUT2D eigenvalue weighted by molar-refractivity contribution is 9.10. The second kappa shape index (κ2) is 8.45. The molecule has 8 heteroatoms. The van der Waals surface area contributed by atoms with Gasteiger partial charge in [0.05, 0.1) is 5.02 Å². The molecule has 0 aliphatic rings. The van der Waals surface area contributed by atoms with Crippen molar-refractivity contribution in [1.82, 2.24) is 14.8 Å². The Labute approximate surface area is 168 Å². The average molecular weight is 459 g/mol. The summed E-state index contributed by atoms with van der Waals surface area (Å²) in [6.07, 6.45) is 0. The number of benzene rings is 2. The Hall–Kier alpha value is -1.21. The Bertz CT molecular complexity index is 871. The summed E-state index contributed by atoms with van der Waals surface area (Å²) in [4.78, 5) is 0. The molecule has 25 heavy (non-hydrogen) atoms. The van der Waals surface area contributed by atoms with Crippen molar-refractivity contribution in [3.63, 3.8) is 0 Å². The molecule has 0 bridgehead atoms. The van der Waals surface area contributed by atoms with Crippen LogP contribution in [-0.2, 0) is 19.4 Å². The normalized spacial score (nSPS) is 10.9. The first-order chi connectivity index (χ1) is 12.0. The maximum Gasteiger partial charge on any atom is 0.191 e. The number of aromatic nitrogens is 3. The van der Waals surface area contributed by atoms with E-state index in [0.717, 1.165) is 21.2 Å². The van der Waals surface area contributed by atoms with Gasteiger partial charge >= 0.3 is 0 Å². The number of thioether (sulfide) groups is 1. The molecule has 0 amide bonds. The maximum absolute atomic E-state index is 6.11. The smallest absolute Gasteiger partial charge is 0.191 e. The molecule has 0 aliphatic carbocycles. The van der Waals surface area contributed by atoms with Crippen LogP contribution >= 0.6 is 50.9 Å². The van der Waals surface area contributed by atoms with Gasteiger partial charge in [-0.3, -0.25) is 0 Å². The highest BCUT2D eigenvalue weighted by atomic mass is 79.9. The van der Waals surface area contributed by atoms with E-state index in [1.165, 1.54) is 5.56 Å². The van der Waals surface area contributed by atoms with Gasteiger partial charge in [0.25, 0.3) is 0 Å². The van der Waals surface area contributed by atoms with E-state index in [2.05, 4.69) is 38.3 Å². The topological polar surface area (TPSA) is 39.9 Å². The van der Waals surface area contributed by atoms with Crippen molar-refractivity contribution in [2.24, 2.45) is 7.05 Å². The Kier molecular flexibility index (Phi) is 6.28. The van der Waals surface area contributed by atoms with Gasteiger partial charge in [-0.2, -0.15) is 0 Å². The molecule has 0 fully saturated rings. The monoisotopic (exact) mass is 457 g/mol. The van der Waals surface area contributed by atoms with Crippen LogP contribution in [0.25, 0.3) is 0 Å². The Morgan fingerprint density at radius 1 is 1.12 bits per heavy atom. The van der Waals surface area contributed by atoms with Crippen LogP contribution in [-0.4, -0.2) is 14.8 Å². The summed E-state index contributed by atoms with van der Waals surface area (Å²) in [6, 6.07) is 13.3. The lowest BCUT2D eigenvalue weighted by Gasteiger charge is -2.08. The molecule has 0 saturated carbocycles. The summed E-state index contributed by atoms with van der Waals surface area (Å²) in [5, 5.41) is 10.3. The Balaban J connectivity index is 1.61. The molecule has 130 valence electrons. The van der Waals surface area contributed by atoms with Gasteiger partial charge in [0.2, 0.25) is 0 Å². The lowest BCUT2D eigenvalue weighted by atomic mass is 10.2.